The summed E-state index contributed by atoms with van der Waals surface area (Å²) in [6, 6.07) is 11.1. The first kappa shape index (κ1) is 28.1. The monoisotopic (exact) mass is 507 g/mol. The van der Waals surface area contributed by atoms with Crippen molar-refractivity contribution in [1.29, 1.82) is 0 Å². The van der Waals surface area contributed by atoms with Gasteiger partial charge in [0.1, 0.15) is 24.2 Å². The van der Waals surface area contributed by atoms with E-state index in [0.29, 0.717) is 30.0 Å². The van der Waals surface area contributed by atoms with E-state index >= 15 is 0 Å². The van der Waals surface area contributed by atoms with E-state index in [1.165, 1.54) is 36.3 Å². The van der Waals surface area contributed by atoms with E-state index in [1.807, 2.05) is 13.8 Å². The van der Waals surface area contributed by atoms with Crippen molar-refractivity contribution in [3.8, 4) is 5.75 Å². The summed E-state index contributed by atoms with van der Waals surface area (Å²) in [5, 5.41) is 2.85. The minimum Gasteiger partial charge on any atom is -0.497 e. The second-order valence-corrected chi connectivity index (χ2v) is 10.6. The topological polar surface area (TPSA) is 96.0 Å². The van der Waals surface area contributed by atoms with Crippen LogP contribution in [0.25, 0.3) is 0 Å². The van der Waals surface area contributed by atoms with Crippen molar-refractivity contribution in [3.05, 3.63) is 59.9 Å². The van der Waals surface area contributed by atoms with Crippen LogP contribution in [0.5, 0.6) is 5.75 Å². The minimum atomic E-state index is -3.82. The van der Waals surface area contributed by atoms with Crippen molar-refractivity contribution < 1.29 is 27.1 Å². The number of anilines is 1. The number of rotatable bonds is 12. The fraction of sp³-hybridized carbons (Fsp3) is 0.440. The minimum absolute atomic E-state index is 0.0208. The number of amides is 2. The van der Waals surface area contributed by atoms with Crippen LogP contribution in [0.2, 0.25) is 0 Å². The molecule has 1 unspecified atom stereocenters. The van der Waals surface area contributed by atoms with Crippen LogP contribution in [-0.4, -0.2) is 57.6 Å². The Morgan fingerprint density at radius 3 is 2.14 bits per heavy atom. The molecule has 2 aromatic rings. The molecule has 0 bridgehead atoms. The van der Waals surface area contributed by atoms with Gasteiger partial charge in [-0.15, -0.1) is 0 Å². The number of hydrogen-bond acceptors (Lipinski definition) is 5. The molecule has 2 amide bonds. The van der Waals surface area contributed by atoms with E-state index in [1.54, 1.807) is 31.2 Å². The van der Waals surface area contributed by atoms with Gasteiger partial charge in [-0.2, -0.15) is 0 Å². The van der Waals surface area contributed by atoms with Crippen LogP contribution in [0.15, 0.2) is 48.5 Å². The lowest BCUT2D eigenvalue weighted by molar-refractivity contribution is -0.140. The zero-order valence-electron chi connectivity index (χ0n) is 20.8. The third-order valence-electron chi connectivity index (χ3n) is 5.38. The van der Waals surface area contributed by atoms with E-state index in [2.05, 4.69) is 5.32 Å². The van der Waals surface area contributed by atoms with Crippen LogP contribution in [0, 0.1) is 11.7 Å². The number of nitrogens with zero attached hydrogens (tertiary/aromatic N) is 2. The van der Waals surface area contributed by atoms with Gasteiger partial charge in [0.2, 0.25) is 21.8 Å². The molecule has 0 heterocycles. The van der Waals surface area contributed by atoms with Crippen LogP contribution in [0.3, 0.4) is 0 Å². The summed E-state index contributed by atoms with van der Waals surface area (Å²) in [5.74, 6) is -0.543. The largest absolute Gasteiger partial charge is 0.497 e. The third-order valence-corrected chi connectivity index (χ3v) is 6.52. The summed E-state index contributed by atoms with van der Waals surface area (Å²) in [4.78, 5) is 27.9. The van der Waals surface area contributed by atoms with E-state index in [4.69, 9.17) is 4.74 Å². The lowest BCUT2D eigenvalue weighted by Crippen LogP contribution is -2.52. The number of carbonyl (C=O) groups is 2. The number of ether oxygens (including phenoxy) is 1. The van der Waals surface area contributed by atoms with Crippen LogP contribution in [0.1, 0.15) is 32.8 Å². The summed E-state index contributed by atoms with van der Waals surface area (Å²) in [7, 11) is -2.33. The molecule has 192 valence electrons. The molecule has 0 aliphatic rings. The molecule has 0 aliphatic heterocycles. The van der Waals surface area contributed by atoms with Crippen molar-refractivity contribution in [2.24, 2.45) is 5.92 Å². The van der Waals surface area contributed by atoms with Crippen LogP contribution >= 0.6 is 0 Å². The van der Waals surface area contributed by atoms with E-state index in [0.717, 1.165) is 10.6 Å². The third kappa shape index (κ3) is 8.24. The summed E-state index contributed by atoms with van der Waals surface area (Å²) in [5.41, 5.74) is 0.908. The zero-order chi connectivity index (χ0) is 26.2. The standard InChI is InChI=1S/C25H34FN3O5S/c1-6-23(25(31)27-15-18(2)3)28(16-19-7-9-20(26)10-8-19)24(30)17-29(35(5,32)33)21-11-13-22(34-4)14-12-21/h7-14,18,23H,6,15-17H2,1-5H3,(H,27,31). The van der Waals surface area contributed by atoms with Crippen molar-refractivity contribution in [2.75, 3.05) is 30.8 Å². The number of carbonyl (C=O) groups excluding carboxylic acids is 2. The summed E-state index contributed by atoms with van der Waals surface area (Å²) >= 11 is 0. The maximum Gasteiger partial charge on any atom is 0.244 e. The van der Waals surface area contributed by atoms with Crippen molar-refractivity contribution >= 4 is 27.5 Å². The summed E-state index contributed by atoms with van der Waals surface area (Å²) in [6.45, 7) is 5.66. The quantitative estimate of drug-likeness (QED) is 0.476. The molecular formula is C25H34FN3O5S. The fourth-order valence-electron chi connectivity index (χ4n) is 3.49. The summed E-state index contributed by atoms with van der Waals surface area (Å²) < 4.78 is 44.7. The Morgan fingerprint density at radius 2 is 1.66 bits per heavy atom. The molecule has 2 aromatic carbocycles. The first-order valence-corrected chi connectivity index (χ1v) is 13.2. The Kier molecular flexibility index (Phi) is 10.1. The highest BCUT2D eigenvalue weighted by molar-refractivity contribution is 7.92. The van der Waals surface area contributed by atoms with Crippen LogP contribution in [-0.2, 0) is 26.2 Å². The number of hydrogen-bond donors (Lipinski definition) is 1. The molecule has 35 heavy (non-hydrogen) atoms. The number of nitrogens with one attached hydrogen (secondary N) is 1. The van der Waals surface area contributed by atoms with Gasteiger partial charge in [-0.3, -0.25) is 13.9 Å². The highest BCUT2D eigenvalue weighted by Gasteiger charge is 2.31. The molecule has 0 saturated heterocycles. The lowest BCUT2D eigenvalue weighted by atomic mass is 10.1. The fourth-order valence-corrected chi connectivity index (χ4v) is 4.34. The molecule has 0 aliphatic carbocycles. The Hall–Kier alpha value is -3.14. The molecule has 0 aromatic heterocycles. The molecule has 10 heteroatoms. The highest BCUT2D eigenvalue weighted by Crippen LogP contribution is 2.22. The predicted octanol–water partition coefficient (Wildman–Crippen LogP) is 3.18. The second kappa shape index (κ2) is 12.5. The van der Waals surface area contributed by atoms with E-state index in [-0.39, 0.29) is 18.4 Å². The molecule has 0 fully saturated rings. The summed E-state index contributed by atoms with van der Waals surface area (Å²) in [6.07, 6.45) is 1.33. The molecule has 2 rings (SSSR count). The molecule has 0 saturated carbocycles. The van der Waals surface area contributed by atoms with Crippen molar-refractivity contribution in [2.45, 2.75) is 39.8 Å². The maximum atomic E-state index is 13.6. The molecule has 0 spiro atoms. The van der Waals surface area contributed by atoms with Gasteiger partial charge < -0.3 is 15.0 Å². The first-order chi connectivity index (χ1) is 16.5. The van der Waals surface area contributed by atoms with Gasteiger partial charge in [0, 0.05) is 13.1 Å². The van der Waals surface area contributed by atoms with Crippen LogP contribution < -0.4 is 14.4 Å². The lowest BCUT2D eigenvalue weighted by Gasteiger charge is -2.33. The van der Waals surface area contributed by atoms with Gasteiger partial charge >= 0.3 is 0 Å². The van der Waals surface area contributed by atoms with E-state index in [9.17, 15) is 22.4 Å². The number of benzene rings is 2. The average Bonchev–Trinajstić information content (AvgIpc) is 2.81. The Labute approximate surface area is 207 Å². The number of halogens is 1. The molecule has 1 atom stereocenters. The highest BCUT2D eigenvalue weighted by atomic mass is 32.2. The normalized spacial score (nSPS) is 12.2. The smallest absolute Gasteiger partial charge is 0.244 e. The average molecular weight is 508 g/mol. The van der Waals surface area contributed by atoms with Gasteiger partial charge in [0.25, 0.3) is 0 Å². The number of sulfonamides is 1. The van der Waals surface area contributed by atoms with Crippen molar-refractivity contribution in [1.82, 2.24) is 10.2 Å². The van der Waals surface area contributed by atoms with Gasteiger partial charge in [0.05, 0.1) is 19.1 Å². The second-order valence-electron chi connectivity index (χ2n) is 8.68. The molecule has 8 nitrogen and oxygen atoms in total. The zero-order valence-corrected chi connectivity index (χ0v) is 21.6. The SMILES string of the molecule is CCC(C(=O)NCC(C)C)N(Cc1ccc(F)cc1)C(=O)CN(c1ccc(OC)cc1)S(C)(=O)=O. The van der Waals surface area contributed by atoms with Gasteiger partial charge in [-0.1, -0.05) is 32.9 Å². The predicted molar refractivity (Wildman–Crippen MR) is 134 cm³/mol. The Bertz CT molecular complexity index is 1090. The Balaban J connectivity index is 2.40. The first-order valence-electron chi connectivity index (χ1n) is 11.4. The van der Waals surface area contributed by atoms with Gasteiger partial charge in [-0.25, -0.2) is 12.8 Å². The van der Waals surface area contributed by atoms with Gasteiger partial charge in [-0.05, 0) is 54.3 Å². The number of methoxy groups -OCH3 is 1. The van der Waals surface area contributed by atoms with Gasteiger partial charge in [0.15, 0.2) is 0 Å². The molecular weight excluding hydrogens is 473 g/mol. The van der Waals surface area contributed by atoms with Crippen LogP contribution in [0.4, 0.5) is 10.1 Å². The Morgan fingerprint density at radius 1 is 1.06 bits per heavy atom. The molecule has 1 N–H and O–H groups in total. The maximum absolute atomic E-state index is 13.6. The van der Waals surface area contributed by atoms with E-state index < -0.39 is 34.3 Å². The van der Waals surface area contributed by atoms with Crippen molar-refractivity contribution in [3.63, 3.8) is 0 Å². The molecule has 0 radical (unpaired) electrons.